The van der Waals surface area contributed by atoms with E-state index in [2.05, 4.69) is 5.32 Å². The molecule has 1 N–H and O–H groups in total. The van der Waals surface area contributed by atoms with Crippen molar-refractivity contribution in [1.82, 2.24) is 5.32 Å². The normalized spacial score (nSPS) is 10.3. The van der Waals surface area contributed by atoms with Gasteiger partial charge in [-0.25, -0.2) is 0 Å². The maximum atomic E-state index is 12.1. The summed E-state index contributed by atoms with van der Waals surface area (Å²) in [7, 11) is 3.26. The number of benzene rings is 2. The molecule has 0 aliphatic carbocycles. The van der Waals surface area contributed by atoms with E-state index in [0.717, 1.165) is 33.8 Å². The van der Waals surface area contributed by atoms with Crippen LogP contribution >= 0.6 is 0 Å². The third kappa shape index (κ3) is 4.49. The fourth-order valence-electron chi connectivity index (χ4n) is 2.52. The van der Waals surface area contributed by atoms with Crippen LogP contribution in [0.25, 0.3) is 0 Å². The van der Waals surface area contributed by atoms with Gasteiger partial charge in [0.2, 0.25) is 5.91 Å². The molecular weight excluding hydrogens is 290 g/mol. The van der Waals surface area contributed by atoms with Gasteiger partial charge in [-0.05, 0) is 37.1 Å². The van der Waals surface area contributed by atoms with Crippen LogP contribution in [0.5, 0.6) is 11.5 Å². The van der Waals surface area contributed by atoms with Crippen molar-refractivity contribution < 1.29 is 14.3 Å². The van der Waals surface area contributed by atoms with Gasteiger partial charge in [-0.3, -0.25) is 4.79 Å². The van der Waals surface area contributed by atoms with Gasteiger partial charge in [0.1, 0.15) is 11.5 Å². The van der Waals surface area contributed by atoms with Gasteiger partial charge in [-0.1, -0.05) is 29.8 Å². The minimum atomic E-state index is -0.0165. The molecule has 0 unspecified atom stereocenters. The van der Waals surface area contributed by atoms with Gasteiger partial charge in [0.15, 0.2) is 0 Å². The number of hydrogen-bond donors (Lipinski definition) is 1. The average Bonchev–Trinajstić information content (AvgIpc) is 2.53. The molecule has 122 valence electrons. The van der Waals surface area contributed by atoms with Crippen molar-refractivity contribution in [3.8, 4) is 11.5 Å². The lowest BCUT2D eigenvalue weighted by Crippen LogP contribution is -2.24. The highest BCUT2D eigenvalue weighted by molar-refractivity contribution is 5.78. The molecule has 1 amide bonds. The lowest BCUT2D eigenvalue weighted by molar-refractivity contribution is -0.120. The molecule has 4 nitrogen and oxygen atoms in total. The summed E-state index contributed by atoms with van der Waals surface area (Å²) in [6.07, 6.45) is 0.368. The molecule has 0 bridgehead atoms. The number of carbonyl (C=O) groups excluding carboxylic acids is 1. The third-order valence-electron chi connectivity index (χ3n) is 3.72. The van der Waals surface area contributed by atoms with E-state index in [1.54, 1.807) is 14.2 Å². The van der Waals surface area contributed by atoms with E-state index < -0.39 is 0 Å². The van der Waals surface area contributed by atoms with Gasteiger partial charge in [-0.15, -0.1) is 0 Å². The molecule has 0 saturated carbocycles. The molecule has 2 aromatic carbocycles. The second-order valence-electron chi connectivity index (χ2n) is 5.58. The standard InChI is InChI=1S/C19H23NO3/c1-13-6-5-7-15(8-13)10-19(21)20-12-16-11-17(22-3)14(2)9-18(16)23-4/h5-9,11H,10,12H2,1-4H3,(H,20,21). The molecule has 23 heavy (non-hydrogen) atoms. The number of carbonyl (C=O) groups is 1. The number of methoxy groups -OCH3 is 2. The van der Waals surface area contributed by atoms with Crippen LogP contribution in [0.1, 0.15) is 22.3 Å². The Hall–Kier alpha value is -2.49. The number of rotatable bonds is 6. The Labute approximate surface area is 137 Å². The number of ether oxygens (including phenoxy) is 2. The van der Waals surface area contributed by atoms with E-state index in [0.29, 0.717) is 13.0 Å². The lowest BCUT2D eigenvalue weighted by atomic mass is 10.1. The van der Waals surface area contributed by atoms with Crippen LogP contribution in [-0.4, -0.2) is 20.1 Å². The zero-order valence-corrected chi connectivity index (χ0v) is 14.1. The van der Waals surface area contributed by atoms with Gasteiger partial charge < -0.3 is 14.8 Å². The predicted octanol–water partition coefficient (Wildman–Crippen LogP) is 3.18. The molecule has 0 radical (unpaired) electrons. The zero-order valence-electron chi connectivity index (χ0n) is 14.1. The summed E-state index contributed by atoms with van der Waals surface area (Å²) in [5.74, 6) is 1.52. The summed E-state index contributed by atoms with van der Waals surface area (Å²) in [5, 5.41) is 2.94. The maximum Gasteiger partial charge on any atom is 0.224 e. The number of amides is 1. The summed E-state index contributed by atoms with van der Waals surface area (Å²) >= 11 is 0. The monoisotopic (exact) mass is 313 g/mol. The van der Waals surface area contributed by atoms with Crippen molar-refractivity contribution >= 4 is 5.91 Å². The molecule has 0 aromatic heterocycles. The topological polar surface area (TPSA) is 47.6 Å². The Morgan fingerprint density at radius 2 is 1.78 bits per heavy atom. The molecule has 0 heterocycles. The first-order valence-electron chi connectivity index (χ1n) is 7.57. The third-order valence-corrected chi connectivity index (χ3v) is 3.72. The van der Waals surface area contributed by atoms with Crippen LogP contribution in [0.2, 0.25) is 0 Å². The summed E-state index contributed by atoms with van der Waals surface area (Å²) in [5.41, 5.74) is 4.06. The molecule has 0 aliphatic rings. The van der Waals surface area contributed by atoms with Gasteiger partial charge in [0.05, 0.1) is 20.6 Å². The maximum absolute atomic E-state index is 12.1. The fourth-order valence-corrected chi connectivity index (χ4v) is 2.52. The minimum absolute atomic E-state index is 0.0165. The van der Waals surface area contributed by atoms with Crippen molar-refractivity contribution in [2.75, 3.05) is 14.2 Å². The van der Waals surface area contributed by atoms with E-state index in [-0.39, 0.29) is 5.91 Å². The Morgan fingerprint density at radius 3 is 2.43 bits per heavy atom. The quantitative estimate of drug-likeness (QED) is 0.891. The summed E-state index contributed by atoms with van der Waals surface area (Å²) in [6.45, 7) is 4.39. The molecular formula is C19H23NO3. The van der Waals surface area contributed by atoms with Crippen molar-refractivity contribution in [2.45, 2.75) is 26.8 Å². The molecule has 0 fully saturated rings. The van der Waals surface area contributed by atoms with Crippen LogP contribution in [0.4, 0.5) is 0 Å². The van der Waals surface area contributed by atoms with E-state index in [1.807, 2.05) is 50.2 Å². The first-order valence-corrected chi connectivity index (χ1v) is 7.57. The van der Waals surface area contributed by atoms with E-state index in [9.17, 15) is 4.79 Å². The van der Waals surface area contributed by atoms with E-state index in [1.165, 1.54) is 0 Å². The average molecular weight is 313 g/mol. The van der Waals surface area contributed by atoms with Crippen LogP contribution in [-0.2, 0) is 17.8 Å². The smallest absolute Gasteiger partial charge is 0.224 e. The lowest BCUT2D eigenvalue weighted by Gasteiger charge is -2.13. The first-order chi connectivity index (χ1) is 11.0. The van der Waals surface area contributed by atoms with E-state index in [4.69, 9.17) is 9.47 Å². The first kappa shape index (κ1) is 16.9. The van der Waals surface area contributed by atoms with Crippen molar-refractivity contribution in [1.29, 1.82) is 0 Å². The van der Waals surface area contributed by atoms with Crippen molar-refractivity contribution in [3.05, 3.63) is 58.7 Å². The highest BCUT2D eigenvalue weighted by Gasteiger charge is 2.10. The highest BCUT2D eigenvalue weighted by atomic mass is 16.5. The van der Waals surface area contributed by atoms with Gasteiger partial charge in [-0.2, -0.15) is 0 Å². The second-order valence-corrected chi connectivity index (χ2v) is 5.58. The van der Waals surface area contributed by atoms with Crippen LogP contribution in [0, 0.1) is 13.8 Å². The van der Waals surface area contributed by atoms with Crippen LogP contribution in [0.15, 0.2) is 36.4 Å². The largest absolute Gasteiger partial charge is 0.496 e. The summed E-state index contributed by atoms with van der Waals surface area (Å²) in [4.78, 5) is 12.1. The Bertz CT molecular complexity index is 695. The second kappa shape index (κ2) is 7.68. The number of aryl methyl sites for hydroxylation is 2. The molecule has 4 heteroatoms. The molecule has 0 spiro atoms. The van der Waals surface area contributed by atoms with Gasteiger partial charge >= 0.3 is 0 Å². The SMILES string of the molecule is COc1cc(CNC(=O)Cc2cccc(C)c2)c(OC)cc1C. The molecule has 0 saturated heterocycles. The minimum Gasteiger partial charge on any atom is -0.496 e. The molecule has 2 aromatic rings. The summed E-state index contributed by atoms with van der Waals surface area (Å²) < 4.78 is 10.7. The summed E-state index contributed by atoms with van der Waals surface area (Å²) in [6, 6.07) is 11.8. The Morgan fingerprint density at radius 1 is 1.04 bits per heavy atom. The van der Waals surface area contributed by atoms with Crippen LogP contribution < -0.4 is 14.8 Å². The molecule has 2 rings (SSSR count). The highest BCUT2D eigenvalue weighted by Crippen LogP contribution is 2.28. The fraction of sp³-hybridized carbons (Fsp3) is 0.316. The molecule has 0 atom stereocenters. The number of nitrogens with one attached hydrogen (secondary N) is 1. The van der Waals surface area contributed by atoms with Gasteiger partial charge in [0, 0.05) is 12.1 Å². The Balaban J connectivity index is 2.03. The Kier molecular flexibility index (Phi) is 5.63. The van der Waals surface area contributed by atoms with Crippen molar-refractivity contribution in [3.63, 3.8) is 0 Å². The van der Waals surface area contributed by atoms with Crippen molar-refractivity contribution in [2.24, 2.45) is 0 Å². The zero-order chi connectivity index (χ0) is 16.8. The predicted molar refractivity (Wildman–Crippen MR) is 91.0 cm³/mol. The van der Waals surface area contributed by atoms with Gasteiger partial charge in [0.25, 0.3) is 0 Å². The van der Waals surface area contributed by atoms with Crippen LogP contribution in [0.3, 0.4) is 0 Å². The molecule has 0 aliphatic heterocycles. The van der Waals surface area contributed by atoms with E-state index >= 15 is 0 Å². The number of hydrogen-bond acceptors (Lipinski definition) is 3.